The summed E-state index contributed by atoms with van der Waals surface area (Å²) in [5, 5.41) is 0. The number of likely N-dealkylation sites (tertiary alicyclic amines) is 1. The molecule has 6 nitrogen and oxygen atoms in total. The lowest BCUT2D eigenvalue weighted by molar-refractivity contribution is -0.136. The first kappa shape index (κ1) is 20.3. The van der Waals surface area contributed by atoms with Gasteiger partial charge in [0.25, 0.3) is 5.91 Å². The Kier molecular flexibility index (Phi) is 5.41. The standard InChI is InChI=1S/C24H27NO5/c1-16-10-17(2)12-19(11-16)29-15-23(27)25-8-6-24(7-9-25)14-21(26)20-5-4-18(28-3)13-22(20)30-24/h4-5,10-13H,6-9,14-15H2,1-3H3. The zero-order valence-electron chi connectivity index (χ0n) is 17.7. The molecule has 30 heavy (non-hydrogen) atoms. The Morgan fingerprint density at radius 1 is 1.07 bits per heavy atom. The molecule has 1 spiro atoms. The second-order valence-corrected chi connectivity index (χ2v) is 8.24. The maximum absolute atomic E-state index is 12.7. The van der Waals surface area contributed by atoms with E-state index in [1.165, 1.54) is 0 Å². The van der Waals surface area contributed by atoms with Gasteiger partial charge in [-0.15, -0.1) is 0 Å². The molecule has 2 aromatic rings. The van der Waals surface area contributed by atoms with Crippen molar-refractivity contribution >= 4 is 11.7 Å². The number of Topliss-reactive ketones (excluding diaryl/α,β-unsaturated/α-hetero) is 1. The lowest BCUT2D eigenvalue weighted by atomic mass is 9.82. The van der Waals surface area contributed by atoms with Crippen LogP contribution in [-0.2, 0) is 4.79 Å². The van der Waals surface area contributed by atoms with E-state index in [2.05, 4.69) is 6.07 Å². The highest BCUT2D eigenvalue weighted by Crippen LogP contribution is 2.40. The van der Waals surface area contributed by atoms with Crippen LogP contribution in [0.1, 0.15) is 40.7 Å². The second-order valence-electron chi connectivity index (χ2n) is 8.24. The summed E-state index contributed by atoms with van der Waals surface area (Å²) in [6, 6.07) is 11.2. The Balaban J connectivity index is 1.37. The third-order valence-corrected chi connectivity index (χ3v) is 5.88. The van der Waals surface area contributed by atoms with E-state index in [1.54, 1.807) is 30.2 Å². The SMILES string of the molecule is COc1ccc2c(c1)OC1(CCN(C(=O)COc3cc(C)cc(C)c3)CC1)CC2=O. The summed E-state index contributed by atoms with van der Waals surface area (Å²) in [6.07, 6.45) is 1.57. The van der Waals surface area contributed by atoms with Crippen LogP contribution in [0.2, 0.25) is 0 Å². The first-order valence-electron chi connectivity index (χ1n) is 10.3. The third-order valence-electron chi connectivity index (χ3n) is 5.88. The molecule has 2 aliphatic heterocycles. The number of carbonyl (C=O) groups excluding carboxylic acids is 2. The highest BCUT2D eigenvalue weighted by molar-refractivity contribution is 6.00. The molecular formula is C24H27NO5. The number of ketones is 1. The molecule has 2 heterocycles. The highest BCUT2D eigenvalue weighted by atomic mass is 16.5. The number of rotatable bonds is 4. The fraction of sp³-hybridized carbons (Fsp3) is 0.417. The molecule has 1 saturated heterocycles. The summed E-state index contributed by atoms with van der Waals surface area (Å²) in [7, 11) is 1.59. The van der Waals surface area contributed by atoms with Crippen LogP contribution in [-0.4, -0.2) is 49.0 Å². The van der Waals surface area contributed by atoms with Crippen LogP contribution in [0, 0.1) is 13.8 Å². The van der Waals surface area contributed by atoms with Gasteiger partial charge in [-0.2, -0.15) is 0 Å². The van der Waals surface area contributed by atoms with Gasteiger partial charge in [-0.3, -0.25) is 9.59 Å². The van der Waals surface area contributed by atoms with E-state index in [9.17, 15) is 9.59 Å². The van der Waals surface area contributed by atoms with Crippen LogP contribution in [0.3, 0.4) is 0 Å². The van der Waals surface area contributed by atoms with Crippen LogP contribution in [0.4, 0.5) is 0 Å². The van der Waals surface area contributed by atoms with Gasteiger partial charge in [0, 0.05) is 32.0 Å². The number of carbonyl (C=O) groups is 2. The lowest BCUT2D eigenvalue weighted by Crippen LogP contribution is -2.53. The number of benzene rings is 2. The number of fused-ring (bicyclic) bond motifs is 1. The highest BCUT2D eigenvalue weighted by Gasteiger charge is 2.43. The number of amides is 1. The average Bonchev–Trinajstić information content (AvgIpc) is 2.71. The fourth-order valence-electron chi connectivity index (χ4n) is 4.30. The van der Waals surface area contributed by atoms with E-state index >= 15 is 0 Å². The summed E-state index contributed by atoms with van der Waals surface area (Å²) >= 11 is 0. The molecule has 0 bridgehead atoms. The smallest absolute Gasteiger partial charge is 0.260 e. The Morgan fingerprint density at radius 3 is 2.43 bits per heavy atom. The van der Waals surface area contributed by atoms with Gasteiger partial charge >= 0.3 is 0 Å². The molecule has 1 amide bonds. The molecule has 2 aromatic carbocycles. The van der Waals surface area contributed by atoms with Crippen molar-refractivity contribution < 1.29 is 23.8 Å². The van der Waals surface area contributed by atoms with Crippen molar-refractivity contribution in [3.05, 3.63) is 53.1 Å². The zero-order chi connectivity index (χ0) is 21.3. The van der Waals surface area contributed by atoms with Gasteiger partial charge in [0.2, 0.25) is 0 Å². The Hall–Kier alpha value is -3.02. The summed E-state index contributed by atoms with van der Waals surface area (Å²) in [5.41, 5.74) is 2.26. The topological polar surface area (TPSA) is 65.1 Å². The van der Waals surface area contributed by atoms with E-state index < -0.39 is 5.60 Å². The molecule has 4 rings (SSSR count). The van der Waals surface area contributed by atoms with Crippen molar-refractivity contribution in [2.45, 2.75) is 38.7 Å². The zero-order valence-corrected chi connectivity index (χ0v) is 17.7. The third kappa shape index (κ3) is 4.13. The van der Waals surface area contributed by atoms with Crippen molar-refractivity contribution in [2.24, 2.45) is 0 Å². The number of methoxy groups -OCH3 is 1. The average molecular weight is 409 g/mol. The number of nitrogens with zero attached hydrogens (tertiary/aromatic N) is 1. The first-order valence-corrected chi connectivity index (χ1v) is 10.3. The first-order chi connectivity index (χ1) is 14.4. The molecular weight excluding hydrogens is 382 g/mol. The summed E-state index contributed by atoms with van der Waals surface area (Å²) < 4.78 is 17.3. The van der Waals surface area contributed by atoms with Crippen molar-refractivity contribution in [1.82, 2.24) is 4.90 Å². The van der Waals surface area contributed by atoms with Gasteiger partial charge in [0.05, 0.1) is 19.1 Å². The van der Waals surface area contributed by atoms with Gasteiger partial charge in [-0.05, 0) is 49.2 Å². The van der Waals surface area contributed by atoms with Gasteiger partial charge < -0.3 is 19.1 Å². The Morgan fingerprint density at radius 2 is 1.77 bits per heavy atom. The number of hydrogen-bond acceptors (Lipinski definition) is 5. The van der Waals surface area contributed by atoms with E-state index in [4.69, 9.17) is 14.2 Å². The summed E-state index contributed by atoms with van der Waals surface area (Å²) in [6.45, 7) is 5.11. The van der Waals surface area contributed by atoms with Crippen molar-refractivity contribution in [1.29, 1.82) is 0 Å². The quantitative estimate of drug-likeness (QED) is 0.770. The predicted molar refractivity (Wildman–Crippen MR) is 113 cm³/mol. The fourth-order valence-corrected chi connectivity index (χ4v) is 4.30. The Labute approximate surface area is 176 Å². The molecule has 158 valence electrons. The predicted octanol–water partition coefficient (Wildman–Crippen LogP) is 3.72. The summed E-state index contributed by atoms with van der Waals surface area (Å²) in [5.74, 6) is 1.98. The normalized spacial score (nSPS) is 17.3. The number of piperidine rings is 1. The minimum Gasteiger partial charge on any atom is -0.497 e. The minimum atomic E-state index is -0.554. The van der Waals surface area contributed by atoms with Crippen LogP contribution in [0.25, 0.3) is 0 Å². The molecule has 0 atom stereocenters. The molecule has 6 heteroatoms. The molecule has 0 saturated carbocycles. The molecule has 0 radical (unpaired) electrons. The molecule has 0 aliphatic carbocycles. The van der Waals surface area contributed by atoms with Crippen LogP contribution in [0.15, 0.2) is 36.4 Å². The van der Waals surface area contributed by atoms with E-state index in [0.717, 1.165) is 11.1 Å². The molecule has 0 N–H and O–H groups in total. The maximum Gasteiger partial charge on any atom is 0.260 e. The van der Waals surface area contributed by atoms with E-state index in [1.807, 2.05) is 26.0 Å². The van der Waals surface area contributed by atoms with Crippen molar-refractivity contribution in [3.63, 3.8) is 0 Å². The van der Waals surface area contributed by atoms with Crippen molar-refractivity contribution in [3.8, 4) is 17.2 Å². The largest absolute Gasteiger partial charge is 0.497 e. The van der Waals surface area contributed by atoms with Crippen LogP contribution in [0.5, 0.6) is 17.2 Å². The van der Waals surface area contributed by atoms with Gasteiger partial charge in [0.15, 0.2) is 12.4 Å². The number of aryl methyl sites for hydroxylation is 2. The maximum atomic E-state index is 12.7. The monoisotopic (exact) mass is 409 g/mol. The van der Waals surface area contributed by atoms with Gasteiger partial charge in [0.1, 0.15) is 22.8 Å². The molecule has 0 unspecified atom stereocenters. The lowest BCUT2D eigenvalue weighted by Gasteiger charge is -2.43. The van der Waals surface area contributed by atoms with Crippen LogP contribution < -0.4 is 14.2 Å². The van der Waals surface area contributed by atoms with E-state index in [0.29, 0.717) is 55.2 Å². The number of hydrogen-bond donors (Lipinski definition) is 0. The van der Waals surface area contributed by atoms with E-state index in [-0.39, 0.29) is 18.3 Å². The Bertz CT molecular complexity index is 955. The molecule has 2 aliphatic rings. The molecule has 1 fully saturated rings. The van der Waals surface area contributed by atoms with Gasteiger partial charge in [-0.25, -0.2) is 0 Å². The minimum absolute atomic E-state index is 0.00964. The second kappa shape index (κ2) is 8.01. The molecule has 0 aromatic heterocycles. The van der Waals surface area contributed by atoms with Crippen LogP contribution >= 0.6 is 0 Å². The van der Waals surface area contributed by atoms with Crippen molar-refractivity contribution in [2.75, 3.05) is 26.8 Å². The number of ether oxygens (including phenoxy) is 3. The van der Waals surface area contributed by atoms with Gasteiger partial charge in [-0.1, -0.05) is 6.07 Å². The summed E-state index contributed by atoms with van der Waals surface area (Å²) in [4.78, 5) is 27.1.